The van der Waals surface area contributed by atoms with E-state index in [-0.39, 0.29) is 5.82 Å². The quantitative estimate of drug-likeness (QED) is 0.821. The van der Waals surface area contributed by atoms with Crippen LogP contribution in [-0.2, 0) is 0 Å². The number of rotatable bonds is 3. The van der Waals surface area contributed by atoms with Gasteiger partial charge in [0, 0.05) is 6.04 Å². The minimum Gasteiger partial charge on any atom is -0.314 e. The summed E-state index contributed by atoms with van der Waals surface area (Å²) < 4.78 is 12.7. The van der Waals surface area contributed by atoms with Crippen molar-refractivity contribution in [1.82, 2.24) is 5.32 Å². The third kappa shape index (κ3) is 3.46. The van der Waals surface area contributed by atoms with E-state index in [1.54, 1.807) is 12.1 Å². The van der Waals surface area contributed by atoms with Crippen molar-refractivity contribution in [3.63, 3.8) is 0 Å². The lowest BCUT2D eigenvalue weighted by atomic mass is 10.0. The highest BCUT2D eigenvalue weighted by atomic mass is 19.1. The molecule has 2 rings (SSSR count). The normalized spacial score (nSPS) is 21.4. The van der Waals surface area contributed by atoms with Gasteiger partial charge in [0.05, 0.1) is 0 Å². The van der Waals surface area contributed by atoms with Crippen LogP contribution in [0.15, 0.2) is 30.3 Å². The highest BCUT2D eigenvalue weighted by Crippen LogP contribution is 2.12. The molecule has 2 heteroatoms. The van der Waals surface area contributed by atoms with Gasteiger partial charge in [-0.1, -0.05) is 30.7 Å². The first-order chi connectivity index (χ1) is 7.84. The van der Waals surface area contributed by atoms with Crippen LogP contribution in [0, 0.1) is 5.82 Å². The fraction of sp³-hybridized carbons (Fsp3) is 0.429. The maximum atomic E-state index is 12.7. The molecule has 1 unspecified atom stereocenters. The molecule has 1 heterocycles. The SMILES string of the molecule is Fc1ccc(/C=C\CC2CCCCN2)cc1. The molecule has 1 nitrogen and oxygen atoms in total. The predicted octanol–water partition coefficient (Wildman–Crippen LogP) is 3.37. The molecule has 1 N–H and O–H groups in total. The number of benzene rings is 1. The van der Waals surface area contributed by atoms with Crippen LogP contribution in [0.3, 0.4) is 0 Å². The Labute approximate surface area is 96.4 Å². The van der Waals surface area contributed by atoms with Crippen LogP contribution in [0.1, 0.15) is 31.2 Å². The molecule has 0 aromatic heterocycles. The molecule has 0 saturated carbocycles. The van der Waals surface area contributed by atoms with Crippen LogP contribution >= 0.6 is 0 Å². The van der Waals surface area contributed by atoms with Gasteiger partial charge < -0.3 is 5.32 Å². The third-order valence-corrected chi connectivity index (χ3v) is 3.01. The van der Waals surface area contributed by atoms with E-state index in [1.807, 2.05) is 0 Å². The van der Waals surface area contributed by atoms with Crippen LogP contribution in [0.5, 0.6) is 0 Å². The molecule has 1 atom stereocenters. The molecule has 0 bridgehead atoms. The summed E-state index contributed by atoms with van der Waals surface area (Å²) in [5.74, 6) is -0.175. The van der Waals surface area contributed by atoms with E-state index in [0.29, 0.717) is 6.04 Å². The minimum atomic E-state index is -0.175. The van der Waals surface area contributed by atoms with Crippen molar-refractivity contribution in [2.75, 3.05) is 6.54 Å². The fourth-order valence-electron chi connectivity index (χ4n) is 2.07. The Morgan fingerprint density at radius 2 is 2.06 bits per heavy atom. The van der Waals surface area contributed by atoms with E-state index in [4.69, 9.17) is 0 Å². The highest BCUT2D eigenvalue weighted by molar-refractivity contribution is 5.48. The van der Waals surface area contributed by atoms with Crippen molar-refractivity contribution in [2.24, 2.45) is 0 Å². The molecule has 1 aromatic rings. The Hall–Kier alpha value is -1.15. The molecule has 86 valence electrons. The topological polar surface area (TPSA) is 12.0 Å². The first-order valence-corrected chi connectivity index (χ1v) is 6.00. The lowest BCUT2D eigenvalue weighted by molar-refractivity contribution is 0.404. The van der Waals surface area contributed by atoms with Crippen molar-refractivity contribution in [3.05, 3.63) is 41.7 Å². The zero-order valence-electron chi connectivity index (χ0n) is 9.45. The second kappa shape index (κ2) is 5.80. The summed E-state index contributed by atoms with van der Waals surface area (Å²) in [5, 5.41) is 3.50. The number of halogens is 1. The maximum absolute atomic E-state index is 12.7. The van der Waals surface area contributed by atoms with Crippen LogP contribution in [0.4, 0.5) is 4.39 Å². The first-order valence-electron chi connectivity index (χ1n) is 6.00. The van der Waals surface area contributed by atoms with Gasteiger partial charge in [0.1, 0.15) is 5.82 Å². The molecule has 0 amide bonds. The zero-order chi connectivity index (χ0) is 11.2. The van der Waals surface area contributed by atoms with E-state index < -0.39 is 0 Å². The van der Waals surface area contributed by atoms with Gasteiger partial charge in [-0.05, 0) is 43.5 Å². The lowest BCUT2D eigenvalue weighted by Crippen LogP contribution is -2.33. The number of hydrogen-bond acceptors (Lipinski definition) is 1. The van der Waals surface area contributed by atoms with Crippen molar-refractivity contribution >= 4 is 6.08 Å². The Morgan fingerprint density at radius 3 is 2.75 bits per heavy atom. The van der Waals surface area contributed by atoms with E-state index in [0.717, 1.165) is 18.5 Å². The fourth-order valence-corrected chi connectivity index (χ4v) is 2.07. The molecule has 1 fully saturated rings. The summed E-state index contributed by atoms with van der Waals surface area (Å²) in [6, 6.07) is 7.24. The van der Waals surface area contributed by atoms with Crippen LogP contribution < -0.4 is 5.32 Å². The maximum Gasteiger partial charge on any atom is 0.123 e. The standard InChI is InChI=1S/C14H18FN/c15-13-9-7-12(8-10-13)4-3-6-14-5-1-2-11-16-14/h3-4,7-10,14,16H,1-2,5-6,11H2/b4-3-. The summed E-state index contributed by atoms with van der Waals surface area (Å²) in [7, 11) is 0. The molecule has 1 aliphatic heterocycles. The Kier molecular flexibility index (Phi) is 4.11. The van der Waals surface area contributed by atoms with Gasteiger partial charge in [-0.2, -0.15) is 0 Å². The second-order valence-corrected chi connectivity index (χ2v) is 4.34. The monoisotopic (exact) mass is 219 g/mol. The Morgan fingerprint density at radius 1 is 1.25 bits per heavy atom. The van der Waals surface area contributed by atoms with E-state index in [2.05, 4.69) is 17.5 Å². The predicted molar refractivity (Wildman–Crippen MR) is 65.7 cm³/mol. The second-order valence-electron chi connectivity index (χ2n) is 4.34. The van der Waals surface area contributed by atoms with Crippen LogP contribution in [-0.4, -0.2) is 12.6 Å². The van der Waals surface area contributed by atoms with Gasteiger partial charge in [0.15, 0.2) is 0 Å². The van der Waals surface area contributed by atoms with Gasteiger partial charge in [0.2, 0.25) is 0 Å². The third-order valence-electron chi connectivity index (χ3n) is 3.01. The zero-order valence-corrected chi connectivity index (χ0v) is 9.45. The molecule has 0 spiro atoms. The molecule has 1 saturated heterocycles. The molecular weight excluding hydrogens is 201 g/mol. The molecular formula is C14H18FN. The first kappa shape index (κ1) is 11.3. The average molecular weight is 219 g/mol. The van der Waals surface area contributed by atoms with Crippen LogP contribution in [0.2, 0.25) is 0 Å². The van der Waals surface area contributed by atoms with Gasteiger partial charge in [-0.15, -0.1) is 0 Å². The van der Waals surface area contributed by atoms with Gasteiger partial charge in [-0.3, -0.25) is 0 Å². The molecule has 1 aliphatic rings. The summed E-state index contributed by atoms with van der Waals surface area (Å²) in [6.45, 7) is 1.15. The van der Waals surface area contributed by atoms with E-state index in [1.165, 1.54) is 31.4 Å². The van der Waals surface area contributed by atoms with Gasteiger partial charge >= 0.3 is 0 Å². The number of nitrogens with one attached hydrogen (secondary N) is 1. The van der Waals surface area contributed by atoms with Crippen LogP contribution in [0.25, 0.3) is 6.08 Å². The molecule has 0 radical (unpaired) electrons. The van der Waals surface area contributed by atoms with Gasteiger partial charge in [0.25, 0.3) is 0 Å². The molecule has 0 aliphatic carbocycles. The Bertz CT molecular complexity index is 336. The molecule has 1 aromatic carbocycles. The minimum absolute atomic E-state index is 0.175. The Balaban J connectivity index is 1.82. The summed E-state index contributed by atoms with van der Waals surface area (Å²) in [6.07, 6.45) is 9.22. The van der Waals surface area contributed by atoms with Crippen molar-refractivity contribution < 1.29 is 4.39 Å². The lowest BCUT2D eigenvalue weighted by Gasteiger charge is -2.21. The van der Waals surface area contributed by atoms with Crippen molar-refractivity contribution in [2.45, 2.75) is 31.7 Å². The largest absolute Gasteiger partial charge is 0.314 e. The van der Waals surface area contributed by atoms with Crippen molar-refractivity contribution in [1.29, 1.82) is 0 Å². The number of hydrogen-bond donors (Lipinski definition) is 1. The number of piperidine rings is 1. The van der Waals surface area contributed by atoms with Gasteiger partial charge in [-0.25, -0.2) is 4.39 Å². The summed E-state index contributed by atoms with van der Waals surface area (Å²) in [4.78, 5) is 0. The highest BCUT2D eigenvalue weighted by Gasteiger charge is 2.09. The van der Waals surface area contributed by atoms with Crippen molar-refractivity contribution in [3.8, 4) is 0 Å². The molecule has 16 heavy (non-hydrogen) atoms. The average Bonchev–Trinajstić information content (AvgIpc) is 2.33. The summed E-state index contributed by atoms with van der Waals surface area (Å²) >= 11 is 0. The van der Waals surface area contributed by atoms with E-state index >= 15 is 0 Å². The van der Waals surface area contributed by atoms with E-state index in [9.17, 15) is 4.39 Å². The summed E-state index contributed by atoms with van der Waals surface area (Å²) in [5.41, 5.74) is 1.07. The smallest absolute Gasteiger partial charge is 0.123 e.